The second-order valence-electron chi connectivity index (χ2n) is 3.11. The summed E-state index contributed by atoms with van der Waals surface area (Å²) in [5.74, 6) is -0.0773. The van der Waals surface area contributed by atoms with Crippen molar-refractivity contribution in [3.63, 3.8) is 0 Å². The van der Waals surface area contributed by atoms with Crippen LogP contribution in [0.5, 0.6) is 0 Å². The van der Waals surface area contributed by atoms with Crippen LogP contribution in [0.25, 0.3) is 4.91 Å². The molecular weight excluding hydrogens is 238 g/mol. The van der Waals surface area contributed by atoms with Crippen molar-refractivity contribution >= 4 is 34.7 Å². The van der Waals surface area contributed by atoms with Crippen molar-refractivity contribution in [3.8, 4) is 0 Å². The average molecular weight is 247 g/mol. The molecule has 2 rings (SSSR count). The van der Waals surface area contributed by atoms with E-state index >= 15 is 0 Å². The highest BCUT2D eigenvalue weighted by molar-refractivity contribution is 7.90. The van der Waals surface area contributed by atoms with Crippen molar-refractivity contribution < 1.29 is 4.79 Å². The molecule has 0 aromatic carbocycles. The molecule has 0 aliphatic heterocycles. The van der Waals surface area contributed by atoms with Gasteiger partial charge in [0, 0.05) is 33.8 Å². The van der Waals surface area contributed by atoms with Crippen molar-refractivity contribution in [2.24, 2.45) is 0 Å². The number of hydrogen-bond donors (Lipinski definition) is 1. The van der Waals surface area contributed by atoms with E-state index in [9.17, 15) is 4.79 Å². The number of rotatable bonds is 3. The van der Waals surface area contributed by atoms with Crippen LogP contribution in [0.15, 0.2) is 48.1 Å². The maximum absolute atomic E-state index is 11.8. The molecule has 0 spiro atoms. The van der Waals surface area contributed by atoms with Gasteiger partial charge in [0.1, 0.15) is 0 Å². The second-order valence-corrected chi connectivity index (χ2v) is 4.54. The summed E-state index contributed by atoms with van der Waals surface area (Å²) in [5, 5.41) is 1.95. The molecule has 2 aromatic heterocycles. The van der Waals surface area contributed by atoms with E-state index in [0.717, 1.165) is 4.88 Å². The van der Waals surface area contributed by atoms with Crippen LogP contribution in [0.3, 0.4) is 0 Å². The molecule has 4 heteroatoms. The lowest BCUT2D eigenvalue weighted by Crippen LogP contribution is -1.94. The highest BCUT2D eigenvalue weighted by Crippen LogP contribution is 2.23. The van der Waals surface area contributed by atoms with Crippen LogP contribution >= 0.6 is 24.0 Å². The predicted molar refractivity (Wildman–Crippen MR) is 69.8 cm³/mol. The molecule has 80 valence electrons. The minimum atomic E-state index is -0.0773. The van der Waals surface area contributed by atoms with E-state index < -0.39 is 0 Å². The van der Waals surface area contributed by atoms with Crippen molar-refractivity contribution in [3.05, 3.63) is 58.6 Å². The Labute approximate surface area is 103 Å². The third-order valence-electron chi connectivity index (χ3n) is 1.99. The van der Waals surface area contributed by atoms with E-state index in [1.807, 2.05) is 17.5 Å². The fourth-order valence-electron chi connectivity index (χ4n) is 1.21. The summed E-state index contributed by atoms with van der Waals surface area (Å²) in [6.45, 7) is 0. The van der Waals surface area contributed by atoms with Crippen LogP contribution in [0.4, 0.5) is 0 Å². The number of ketones is 1. The van der Waals surface area contributed by atoms with Crippen LogP contribution in [0.2, 0.25) is 0 Å². The maximum atomic E-state index is 11.8. The maximum Gasteiger partial charge on any atom is 0.188 e. The summed E-state index contributed by atoms with van der Waals surface area (Å²) < 4.78 is 0. The fraction of sp³-hybridized carbons (Fsp3) is 0. The first kappa shape index (κ1) is 11.1. The summed E-state index contributed by atoms with van der Waals surface area (Å²) in [7, 11) is 0. The number of pyridine rings is 1. The van der Waals surface area contributed by atoms with Gasteiger partial charge in [-0.1, -0.05) is 6.07 Å². The largest absolute Gasteiger partial charge is 0.289 e. The monoisotopic (exact) mass is 247 g/mol. The van der Waals surface area contributed by atoms with E-state index in [0.29, 0.717) is 10.5 Å². The van der Waals surface area contributed by atoms with Gasteiger partial charge in [0.15, 0.2) is 5.78 Å². The minimum Gasteiger partial charge on any atom is -0.289 e. The normalized spacial score (nSPS) is 11.4. The third kappa shape index (κ3) is 2.59. The van der Waals surface area contributed by atoms with E-state index in [4.69, 9.17) is 0 Å². The summed E-state index contributed by atoms with van der Waals surface area (Å²) in [5.41, 5.74) is 0.575. The topological polar surface area (TPSA) is 30.0 Å². The van der Waals surface area contributed by atoms with Gasteiger partial charge in [-0.3, -0.25) is 9.78 Å². The van der Waals surface area contributed by atoms with E-state index in [1.165, 1.54) is 6.08 Å². The number of nitrogens with zero attached hydrogens (tertiary/aromatic N) is 1. The Morgan fingerprint density at radius 3 is 2.88 bits per heavy atom. The third-order valence-corrected chi connectivity index (χ3v) is 3.41. The molecule has 2 aromatic rings. The zero-order chi connectivity index (χ0) is 11.4. The average Bonchev–Trinajstić information content (AvgIpc) is 2.83. The smallest absolute Gasteiger partial charge is 0.188 e. The predicted octanol–water partition coefficient (Wildman–Crippen LogP) is 3.30. The highest BCUT2D eigenvalue weighted by Gasteiger charge is 2.04. The zero-order valence-corrected chi connectivity index (χ0v) is 10.0. The molecule has 0 unspecified atom stereocenters. The van der Waals surface area contributed by atoms with Crippen LogP contribution in [-0.4, -0.2) is 10.8 Å². The Morgan fingerprint density at radius 2 is 2.25 bits per heavy atom. The summed E-state index contributed by atoms with van der Waals surface area (Å²) in [6, 6.07) is 7.34. The first-order valence-electron chi connectivity index (χ1n) is 4.66. The number of aromatic nitrogens is 1. The van der Waals surface area contributed by atoms with Gasteiger partial charge in [0.25, 0.3) is 0 Å². The molecule has 0 radical (unpaired) electrons. The highest BCUT2D eigenvalue weighted by atomic mass is 32.1. The lowest BCUT2D eigenvalue weighted by Gasteiger charge is -1.96. The molecular formula is C12H9NOS2. The van der Waals surface area contributed by atoms with Gasteiger partial charge in [-0.2, -0.15) is 0 Å². The van der Waals surface area contributed by atoms with Gasteiger partial charge < -0.3 is 0 Å². The molecule has 2 nitrogen and oxygen atoms in total. The summed E-state index contributed by atoms with van der Waals surface area (Å²) >= 11 is 5.86. The lowest BCUT2D eigenvalue weighted by atomic mass is 10.2. The lowest BCUT2D eigenvalue weighted by molar-refractivity contribution is 0.104. The van der Waals surface area contributed by atoms with Gasteiger partial charge in [-0.15, -0.1) is 24.0 Å². The number of thiol groups is 1. The standard InChI is InChI=1S/C12H9NOS2/c14-10(9-3-1-5-13-8-9)7-11(15)12-4-2-6-16-12/h1-8,15H/b11-7-. The van der Waals surface area contributed by atoms with Gasteiger partial charge in [-0.25, -0.2) is 0 Å². The summed E-state index contributed by atoms with van der Waals surface area (Å²) in [6.07, 6.45) is 4.71. The molecule has 0 saturated heterocycles. The molecule has 0 aliphatic rings. The first-order valence-corrected chi connectivity index (χ1v) is 5.99. The Bertz CT molecular complexity index is 503. The first-order chi connectivity index (χ1) is 7.77. The zero-order valence-electron chi connectivity index (χ0n) is 8.33. The number of thiophene rings is 1. The molecule has 0 bridgehead atoms. The minimum absolute atomic E-state index is 0.0773. The van der Waals surface area contributed by atoms with Gasteiger partial charge in [0.2, 0.25) is 0 Å². The van der Waals surface area contributed by atoms with Crippen molar-refractivity contribution in [2.75, 3.05) is 0 Å². The van der Waals surface area contributed by atoms with Crippen molar-refractivity contribution in [2.45, 2.75) is 0 Å². The Morgan fingerprint density at radius 1 is 1.38 bits per heavy atom. The molecule has 16 heavy (non-hydrogen) atoms. The van der Waals surface area contributed by atoms with Crippen LogP contribution in [0, 0.1) is 0 Å². The summed E-state index contributed by atoms with van der Waals surface area (Å²) in [4.78, 5) is 17.4. The van der Waals surface area contributed by atoms with Gasteiger partial charge >= 0.3 is 0 Å². The van der Waals surface area contributed by atoms with E-state index in [-0.39, 0.29) is 5.78 Å². The van der Waals surface area contributed by atoms with Crippen LogP contribution in [-0.2, 0) is 0 Å². The van der Waals surface area contributed by atoms with E-state index in [1.54, 1.807) is 35.9 Å². The Hall–Kier alpha value is -1.39. The van der Waals surface area contributed by atoms with Crippen LogP contribution < -0.4 is 0 Å². The van der Waals surface area contributed by atoms with Gasteiger partial charge in [0.05, 0.1) is 0 Å². The number of allylic oxidation sites excluding steroid dienone is 1. The molecule has 0 fully saturated rings. The molecule has 0 saturated carbocycles. The van der Waals surface area contributed by atoms with E-state index in [2.05, 4.69) is 17.6 Å². The Balaban J connectivity index is 2.22. The number of carbonyl (C=O) groups is 1. The number of carbonyl (C=O) groups excluding carboxylic acids is 1. The molecule has 0 aliphatic carbocycles. The number of hydrogen-bond acceptors (Lipinski definition) is 4. The second kappa shape index (κ2) is 5.09. The molecule has 2 heterocycles. The van der Waals surface area contributed by atoms with Crippen LogP contribution in [0.1, 0.15) is 15.2 Å². The van der Waals surface area contributed by atoms with Crippen molar-refractivity contribution in [1.82, 2.24) is 4.98 Å². The molecule has 0 atom stereocenters. The van der Waals surface area contributed by atoms with Crippen molar-refractivity contribution in [1.29, 1.82) is 0 Å². The quantitative estimate of drug-likeness (QED) is 0.512. The molecule has 0 N–H and O–H groups in total. The Kier molecular flexibility index (Phi) is 3.54. The van der Waals surface area contributed by atoms with Gasteiger partial charge in [-0.05, 0) is 23.6 Å². The SMILES string of the molecule is O=C(/C=C(\S)c1cccs1)c1cccnc1. The molecule has 0 amide bonds. The fourth-order valence-corrected chi connectivity index (χ4v) is 2.20.